The van der Waals surface area contributed by atoms with Gasteiger partial charge in [-0.3, -0.25) is 4.98 Å². The molecule has 0 bridgehead atoms. The lowest BCUT2D eigenvalue weighted by atomic mass is 9.60. The van der Waals surface area contributed by atoms with Crippen molar-refractivity contribution in [2.75, 3.05) is 5.32 Å². The van der Waals surface area contributed by atoms with Crippen molar-refractivity contribution in [2.24, 2.45) is 0 Å². The number of aliphatic hydroxyl groups is 1. The number of rotatable bonds is 1. The highest BCUT2D eigenvalue weighted by Gasteiger charge is 2.62. The number of benzene rings is 2. The first-order valence-corrected chi connectivity index (χ1v) is 9.85. The van der Waals surface area contributed by atoms with Crippen LogP contribution in [0, 0.1) is 0 Å². The largest absolute Gasteiger partial charge is 0.387 e. The smallest absolute Gasteiger partial charge is 0.0964 e. The third kappa shape index (κ3) is 2.09. The Labute approximate surface area is 160 Å². The number of hydrogen-bond donors (Lipinski definition) is 2. The van der Waals surface area contributed by atoms with E-state index in [4.69, 9.17) is 0 Å². The van der Waals surface area contributed by atoms with E-state index in [1.54, 1.807) is 0 Å². The van der Waals surface area contributed by atoms with Crippen molar-refractivity contribution in [2.45, 2.75) is 56.6 Å². The van der Waals surface area contributed by atoms with Crippen LogP contribution in [0.15, 0.2) is 54.7 Å². The normalized spacial score (nSPS) is 28.4. The maximum absolute atomic E-state index is 11.7. The first kappa shape index (κ1) is 16.8. The molecule has 27 heavy (non-hydrogen) atoms. The molecule has 0 amide bonds. The van der Waals surface area contributed by atoms with Crippen molar-refractivity contribution in [3.05, 3.63) is 60.3 Å². The molecule has 2 N–H and O–H groups in total. The average Bonchev–Trinajstić information content (AvgIpc) is 2.99. The van der Waals surface area contributed by atoms with E-state index >= 15 is 0 Å². The Bertz CT molecular complexity index is 1050. The maximum atomic E-state index is 11.7. The van der Waals surface area contributed by atoms with E-state index in [-0.39, 0.29) is 11.0 Å². The van der Waals surface area contributed by atoms with E-state index in [1.165, 1.54) is 16.7 Å². The number of nitrogens with one attached hydrogen (secondary N) is 1. The molecule has 1 aromatic heterocycles. The van der Waals surface area contributed by atoms with Gasteiger partial charge in [-0.25, -0.2) is 0 Å². The van der Waals surface area contributed by atoms with Gasteiger partial charge in [0, 0.05) is 22.7 Å². The summed E-state index contributed by atoms with van der Waals surface area (Å²) in [6.07, 6.45) is 4.75. The van der Waals surface area contributed by atoms with Crippen LogP contribution in [0.1, 0.15) is 45.6 Å². The number of anilines is 1. The van der Waals surface area contributed by atoms with E-state index in [0.717, 1.165) is 35.9 Å². The molecule has 3 nitrogen and oxygen atoms in total. The van der Waals surface area contributed by atoms with Gasteiger partial charge in [-0.15, -0.1) is 0 Å². The van der Waals surface area contributed by atoms with Crippen molar-refractivity contribution in [3.63, 3.8) is 0 Å². The van der Waals surface area contributed by atoms with Crippen LogP contribution in [-0.2, 0) is 5.41 Å². The summed E-state index contributed by atoms with van der Waals surface area (Å²) >= 11 is 0. The van der Waals surface area contributed by atoms with Crippen molar-refractivity contribution in [3.8, 4) is 11.1 Å². The molecule has 1 aliphatic heterocycles. The van der Waals surface area contributed by atoms with Gasteiger partial charge in [-0.1, -0.05) is 31.2 Å². The van der Waals surface area contributed by atoms with Crippen molar-refractivity contribution >= 4 is 16.6 Å². The number of aromatic nitrogens is 1. The summed E-state index contributed by atoms with van der Waals surface area (Å²) in [5, 5.41) is 16.5. The molecule has 1 aliphatic carbocycles. The zero-order valence-corrected chi connectivity index (χ0v) is 16.2. The van der Waals surface area contributed by atoms with Crippen LogP contribution in [0.5, 0.6) is 0 Å². The van der Waals surface area contributed by atoms with Crippen LogP contribution >= 0.6 is 0 Å². The highest BCUT2D eigenvalue weighted by Crippen LogP contribution is 2.58. The first-order chi connectivity index (χ1) is 12.9. The molecular formula is C24H26N2O. The minimum Gasteiger partial charge on any atom is -0.387 e. The quantitative estimate of drug-likeness (QED) is 0.622. The van der Waals surface area contributed by atoms with Gasteiger partial charge in [0.15, 0.2) is 0 Å². The van der Waals surface area contributed by atoms with E-state index in [2.05, 4.69) is 73.5 Å². The highest BCUT2D eigenvalue weighted by atomic mass is 16.3. The molecule has 0 spiro atoms. The predicted octanol–water partition coefficient (Wildman–Crippen LogP) is 5.28. The Hall–Kier alpha value is -2.39. The second-order valence-corrected chi connectivity index (χ2v) is 8.93. The molecular weight excluding hydrogens is 332 g/mol. The molecule has 138 valence electrons. The molecule has 1 saturated carbocycles. The van der Waals surface area contributed by atoms with Gasteiger partial charge in [0.1, 0.15) is 0 Å². The Morgan fingerprint density at radius 1 is 1.00 bits per heavy atom. The fourth-order valence-electron chi connectivity index (χ4n) is 5.61. The topological polar surface area (TPSA) is 45.2 Å². The summed E-state index contributed by atoms with van der Waals surface area (Å²) in [7, 11) is 0. The van der Waals surface area contributed by atoms with Crippen LogP contribution in [0.3, 0.4) is 0 Å². The van der Waals surface area contributed by atoms with Crippen LogP contribution in [0.2, 0.25) is 0 Å². The summed E-state index contributed by atoms with van der Waals surface area (Å²) in [6, 6.07) is 17.1. The minimum atomic E-state index is -0.744. The Morgan fingerprint density at radius 2 is 1.85 bits per heavy atom. The lowest BCUT2D eigenvalue weighted by Gasteiger charge is -2.55. The molecule has 3 aromatic rings. The lowest BCUT2D eigenvalue weighted by Crippen LogP contribution is -2.65. The summed E-state index contributed by atoms with van der Waals surface area (Å²) in [5.41, 5.74) is 4.44. The molecule has 0 radical (unpaired) electrons. The third-order valence-corrected chi connectivity index (χ3v) is 7.18. The molecule has 3 heteroatoms. The maximum Gasteiger partial charge on any atom is 0.0964 e. The molecule has 2 atom stereocenters. The monoisotopic (exact) mass is 358 g/mol. The summed E-state index contributed by atoms with van der Waals surface area (Å²) < 4.78 is 0. The van der Waals surface area contributed by atoms with Crippen molar-refractivity contribution in [1.82, 2.24) is 4.98 Å². The summed E-state index contributed by atoms with van der Waals surface area (Å²) in [5.74, 6) is 0. The number of pyridine rings is 1. The van der Waals surface area contributed by atoms with E-state index < -0.39 is 5.60 Å². The second-order valence-electron chi connectivity index (χ2n) is 8.93. The fraction of sp³-hybridized carbons (Fsp3) is 0.375. The zero-order chi connectivity index (χ0) is 18.9. The second kappa shape index (κ2) is 5.32. The van der Waals surface area contributed by atoms with Gasteiger partial charge in [-0.2, -0.15) is 0 Å². The average molecular weight is 358 g/mol. The van der Waals surface area contributed by atoms with Gasteiger partial charge in [0.05, 0.1) is 16.7 Å². The molecule has 2 aliphatic rings. The van der Waals surface area contributed by atoms with Crippen molar-refractivity contribution < 1.29 is 5.11 Å². The van der Waals surface area contributed by atoms with Crippen LogP contribution < -0.4 is 5.32 Å². The third-order valence-electron chi connectivity index (χ3n) is 7.18. The van der Waals surface area contributed by atoms with Gasteiger partial charge in [-0.05, 0) is 74.1 Å². The van der Waals surface area contributed by atoms with Crippen LogP contribution in [0.25, 0.3) is 22.0 Å². The van der Waals surface area contributed by atoms with Crippen LogP contribution in [0.4, 0.5) is 5.69 Å². The Morgan fingerprint density at radius 3 is 2.70 bits per heavy atom. The number of fused-ring (bicyclic) bond motifs is 4. The minimum absolute atomic E-state index is 0.240. The molecule has 0 saturated heterocycles. The molecule has 2 aromatic carbocycles. The van der Waals surface area contributed by atoms with Gasteiger partial charge >= 0.3 is 0 Å². The van der Waals surface area contributed by atoms with Gasteiger partial charge in [0.2, 0.25) is 0 Å². The summed E-state index contributed by atoms with van der Waals surface area (Å²) in [4.78, 5) is 4.50. The van der Waals surface area contributed by atoms with Gasteiger partial charge in [0.25, 0.3) is 0 Å². The molecule has 5 rings (SSSR count). The van der Waals surface area contributed by atoms with Gasteiger partial charge < -0.3 is 10.4 Å². The Balaban J connectivity index is 1.74. The standard InChI is InChI=1S/C24H26N2O/c1-22(2)24(27)13-6-12-23(24,3)19-15-16(10-11-21(19)26-22)17-7-4-9-20-18(17)8-5-14-25-20/h4-5,7-11,14-15,26-27H,6,12-13H2,1-3H3. The van der Waals surface area contributed by atoms with E-state index in [9.17, 15) is 5.11 Å². The van der Waals surface area contributed by atoms with Crippen molar-refractivity contribution in [1.29, 1.82) is 0 Å². The highest BCUT2D eigenvalue weighted by molar-refractivity contribution is 5.95. The fourth-order valence-corrected chi connectivity index (χ4v) is 5.61. The summed E-state index contributed by atoms with van der Waals surface area (Å²) in [6.45, 7) is 6.50. The lowest BCUT2D eigenvalue weighted by molar-refractivity contribution is -0.0628. The first-order valence-electron chi connectivity index (χ1n) is 9.85. The number of nitrogens with zero attached hydrogens (tertiary/aromatic N) is 1. The SMILES string of the molecule is CC1(C)Nc2ccc(-c3cccc4ncccc34)cc2C2(C)CCCC12O. The Kier molecular flexibility index (Phi) is 3.31. The number of hydrogen-bond acceptors (Lipinski definition) is 3. The molecule has 2 unspecified atom stereocenters. The zero-order valence-electron chi connectivity index (χ0n) is 16.2. The van der Waals surface area contributed by atoms with Crippen LogP contribution in [-0.4, -0.2) is 21.2 Å². The van der Waals surface area contributed by atoms with E-state index in [0.29, 0.717) is 0 Å². The molecule has 1 fully saturated rings. The predicted molar refractivity (Wildman–Crippen MR) is 111 cm³/mol. The molecule has 2 heterocycles. The van der Waals surface area contributed by atoms with E-state index in [1.807, 2.05) is 12.3 Å².